The second-order valence-corrected chi connectivity index (χ2v) is 6.11. The van der Waals surface area contributed by atoms with Gasteiger partial charge in [-0.25, -0.2) is 0 Å². The number of nitrogens with zero attached hydrogens (tertiary/aromatic N) is 3. The van der Waals surface area contributed by atoms with Crippen molar-refractivity contribution in [3.05, 3.63) is 0 Å². The molecule has 0 aromatic rings. The molecule has 1 atom stereocenters. The minimum atomic E-state index is -1.41. The Bertz CT molecular complexity index is 240. The number of hydrazone groups is 1. The van der Waals surface area contributed by atoms with Crippen molar-refractivity contribution in [2.45, 2.75) is 49.6 Å². The maximum Gasteiger partial charge on any atom is 0.270 e. The highest BCUT2D eigenvalue weighted by Crippen LogP contribution is 2.35. The van der Waals surface area contributed by atoms with Crippen molar-refractivity contribution >= 4 is 41.1 Å². The van der Waals surface area contributed by atoms with Gasteiger partial charge in [0.1, 0.15) is 12.5 Å². The Balaban J connectivity index is 2.65. The molecule has 0 spiro atoms. The Labute approximate surface area is 112 Å². The van der Waals surface area contributed by atoms with Crippen LogP contribution >= 0.6 is 34.8 Å². The standard InChI is InChI=1S/C10H18Cl3N3/c1-3-5-7-16-9(6-4-2)15(8-14-16)10(11,12)13/h8-9H,3-7H2,1-2H3. The summed E-state index contributed by atoms with van der Waals surface area (Å²) >= 11 is 17.7. The first-order chi connectivity index (χ1) is 7.50. The van der Waals surface area contributed by atoms with Crippen LogP contribution in [0.15, 0.2) is 5.10 Å². The van der Waals surface area contributed by atoms with E-state index < -0.39 is 3.92 Å². The molecule has 16 heavy (non-hydrogen) atoms. The van der Waals surface area contributed by atoms with Gasteiger partial charge >= 0.3 is 0 Å². The molecule has 0 aromatic heterocycles. The summed E-state index contributed by atoms with van der Waals surface area (Å²) in [6.07, 6.45) is 5.92. The molecule has 94 valence electrons. The Hall–Kier alpha value is 0.140. The number of halogens is 3. The summed E-state index contributed by atoms with van der Waals surface area (Å²) in [6.45, 7) is 5.18. The predicted molar refractivity (Wildman–Crippen MR) is 70.9 cm³/mol. The summed E-state index contributed by atoms with van der Waals surface area (Å²) in [4.78, 5) is 1.69. The van der Waals surface area contributed by atoms with E-state index in [9.17, 15) is 0 Å². The van der Waals surface area contributed by atoms with Crippen molar-refractivity contribution in [3.63, 3.8) is 0 Å². The quantitative estimate of drug-likeness (QED) is 0.565. The summed E-state index contributed by atoms with van der Waals surface area (Å²) in [5.74, 6) is 0. The topological polar surface area (TPSA) is 18.8 Å². The molecule has 3 nitrogen and oxygen atoms in total. The van der Waals surface area contributed by atoms with Crippen LogP contribution in [0.2, 0.25) is 0 Å². The van der Waals surface area contributed by atoms with Crippen LogP contribution in [0.5, 0.6) is 0 Å². The zero-order valence-electron chi connectivity index (χ0n) is 9.67. The Morgan fingerprint density at radius 2 is 1.94 bits per heavy atom. The van der Waals surface area contributed by atoms with Crippen LogP contribution in [0.1, 0.15) is 39.5 Å². The fraction of sp³-hybridized carbons (Fsp3) is 0.900. The molecule has 0 radical (unpaired) electrons. The lowest BCUT2D eigenvalue weighted by Crippen LogP contribution is -2.45. The van der Waals surface area contributed by atoms with Gasteiger partial charge in [0.25, 0.3) is 3.92 Å². The summed E-state index contributed by atoms with van der Waals surface area (Å²) < 4.78 is -1.41. The molecule has 6 heteroatoms. The maximum absolute atomic E-state index is 5.91. The molecule has 0 bridgehead atoms. The van der Waals surface area contributed by atoms with Gasteiger partial charge < -0.3 is 0 Å². The van der Waals surface area contributed by atoms with Crippen molar-refractivity contribution in [3.8, 4) is 0 Å². The number of alkyl halides is 3. The molecule has 0 aliphatic carbocycles. The molecule has 0 amide bonds. The lowest BCUT2D eigenvalue weighted by molar-refractivity contribution is 0.118. The molecular weight excluding hydrogens is 268 g/mol. The summed E-state index contributed by atoms with van der Waals surface area (Å²) in [5, 5.41) is 6.31. The van der Waals surface area contributed by atoms with E-state index in [4.69, 9.17) is 34.8 Å². The highest BCUT2D eigenvalue weighted by Gasteiger charge is 2.39. The molecule has 0 saturated heterocycles. The molecule has 1 rings (SSSR count). The first-order valence-electron chi connectivity index (χ1n) is 5.66. The first-order valence-corrected chi connectivity index (χ1v) is 6.80. The molecule has 1 aliphatic rings. The monoisotopic (exact) mass is 285 g/mol. The van der Waals surface area contributed by atoms with E-state index in [1.165, 1.54) is 0 Å². The lowest BCUT2D eigenvalue weighted by Gasteiger charge is -2.34. The minimum Gasteiger partial charge on any atom is -0.295 e. The predicted octanol–water partition coefficient (Wildman–Crippen LogP) is 3.80. The van der Waals surface area contributed by atoms with Crippen LogP contribution in [-0.4, -0.2) is 32.9 Å². The van der Waals surface area contributed by atoms with Gasteiger partial charge in [0.05, 0.1) is 0 Å². The summed E-state index contributed by atoms with van der Waals surface area (Å²) in [6, 6.07) is 0. The number of hydrogen-bond donors (Lipinski definition) is 0. The Morgan fingerprint density at radius 3 is 2.44 bits per heavy atom. The Morgan fingerprint density at radius 1 is 1.25 bits per heavy atom. The van der Waals surface area contributed by atoms with Crippen LogP contribution in [-0.2, 0) is 0 Å². The van der Waals surface area contributed by atoms with E-state index in [0.29, 0.717) is 0 Å². The van der Waals surface area contributed by atoms with Crippen LogP contribution in [0, 0.1) is 0 Å². The molecule has 0 N–H and O–H groups in total. The van der Waals surface area contributed by atoms with Gasteiger partial charge in [-0.1, -0.05) is 61.5 Å². The average Bonchev–Trinajstić information content (AvgIpc) is 2.58. The van der Waals surface area contributed by atoms with Crippen LogP contribution < -0.4 is 0 Å². The van der Waals surface area contributed by atoms with Crippen molar-refractivity contribution in [1.29, 1.82) is 0 Å². The maximum atomic E-state index is 5.91. The largest absolute Gasteiger partial charge is 0.295 e. The van der Waals surface area contributed by atoms with Crippen molar-refractivity contribution in [2.24, 2.45) is 5.10 Å². The van der Waals surface area contributed by atoms with Crippen LogP contribution in [0.3, 0.4) is 0 Å². The van der Waals surface area contributed by atoms with Gasteiger partial charge in [-0.05, 0) is 12.8 Å². The summed E-state index contributed by atoms with van der Waals surface area (Å²) in [7, 11) is 0. The zero-order valence-corrected chi connectivity index (χ0v) is 11.9. The average molecular weight is 287 g/mol. The first kappa shape index (κ1) is 14.2. The highest BCUT2D eigenvalue weighted by molar-refractivity contribution is 6.67. The van der Waals surface area contributed by atoms with Crippen molar-refractivity contribution in [2.75, 3.05) is 6.54 Å². The fourth-order valence-electron chi connectivity index (χ4n) is 1.73. The van der Waals surface area contributed by atoms with Crippen molar-refractivity contribution < 1.29 is 0 Å². The number of hydrogen-bond acceptors (Lipinski definition) is 3. The third kappa shape index (κ3) is 3.57. The van der Waals surface area contributed by atoms with Gasteiger partial charge in [0.2, 0.25) is 0 Å². The molecule has 0 aromatic carbocycles. The van der Waals surface area contributed by atoms with Crippen LogP contribution in [0.4, 0.5) is 0 Å². The van der Waals surface area contributed by atoms with Crippen molar-refractivity contribution in [1.82, 2.24) is 9.91 Å². The molecule has 0 saturated carbocycles. The SMILES string of the molecule is CCCCN1N=CN(C(Cl)(Cl)Cl)C1CCC. The zero-order chi connectivity index (χ0) is 12.2. The fourth-order valence-corrected chi connectivity index (χ4v) is 2.20. The van der Waals surface area contributed by atoms with E-state index in [2.05, 4.69) is 18.9 Å². The third-order valence-electron chi connectivity index (χ3n) is 2.57. The number of rotatable bonds is 5. The van der Waals surface area contributed by atoms with E-state index in [1.807, 2.05) is 5.01 Å². The third-order valence-corrected chi connectivity index (χ3v) is 3.16. The number of unbranched alkanes of at least 4 members (excludes halogenated alkanes) is 1. The van der Waals surface area contributed by atoms with E-state index in [-0.39, 0.29) is 6.17 Å². The molecule has 1 heterocycles. The van der Waals surface area contributed by atoms with Gasteiger partial charge in [-0.3, -0.25) is 9.91 Å². The van der Waals surface area contributed by atoms with Gasteiger partial charge in [-0.15, -0.1) is 0 Å². The second-order valence-electron chi connectivity index (χ2n) is 3.89. The minimum absolute atomic E-state index is 0.0732. The highest BCUT2D eigenvalue weighted by atomic mass is 35.6. The van der Waals surface area contributed by atoms with E-state index in [0.717, 1.165) is 32.2 Å². The smallest absolute Gasteiger partial charge is 0.270 e. The molecule has 1 aliphatic heterocycles. The lowest BCUT2D eigenvalue weighted by atomic mass is 10.2. The normalized spacial score (nSPS) is 20.9. The Kier molecular flexibility index (Phi) is 5.48. The summed E-state index contributed by atoms with van der Waals surface area (Å²) in [5.41, 5.74) is 0. The van der Waals surface area contributed by atoms with Gasteiger partial charge in [0.15, 0.2) is 0 Å². The van der Waals surface area contributed by atoms with Gasteiger partial charge in [0, 0.05) is 6.54 Å². The second kappa shape index (κ2) is 6.18. The molecular formula is C10H18Cl3N3. The molecule has 0 fully saturated rings. The van der Waals surface area contributed by atoms with E-state index in [1.54, 1.807) is 11.2 Å². The van der Waals surface area contributed by atoms with Gasteiger partial charge in [-0.2, -0.15) is 5.10 Å². The molecule has 1 unspecified atom stereocenters. The van der Waals surface area contributed by atoms with Crippen LogP contribution in [0.25, 0.3) is 0 Å². The van der Waals surface area contributed by atoms with E-state index >= 15 is 0 Å².